The maximum absolute atomic E-state index is 12.8. The van der Waals surface area contributed by atoms with Gasteiger partial charge in [-0.1, -0.05) is 0 Å². The molecule has 0 bridgehead atoms. The SMILES string of the molecule is O=C(CS(=O)OCCCl)Nc1ccc(N=Nc2c(S(=O)(=O)O)cc3cc(S(=O)(=O)O)cc(Nc4nc(Cl)nc(Nc5ccc6c(O)c(N=Nc7ccc(S(=O)(=O)COS(=O)(=O)O)cc7)c(S(=O)(=O)O)cc6c5)n4)c3c2O)c(S(=O)(=O)O)c1. The molecule has 1 atom stereocenters. The average molecular weight is 1320 g/mol. The molecular weight excluding hydrogens is 1280 g/mol. The lowest BCUT2D eigenvalue weighted by Crippen LogP contribution is -2.21. The number of alkyl halides is 1. The molecule has 82 heavy (non-hydrogen) atoms. The Morgan fingerprint density at radius 3 is 1.79 bits per heavy atom. The molecule has 0 radical (unpaired) electrons. The van der Waals surface area contributed by atoms with Crippen molar-refractivity contribution in [3.05, 3.63) is 90.2 Å². The number of nitrogens with zero attached hydrogens (tertiary/aromatic N) is 7. The van der Waals surface area contributed by atoms with Crippen LogP contribution in [-0.4, -0.2) is 133 Å². The van der Waals surface area contributed by atoms with E-state index >= 15 is 0 Å². The Hall–Kier alpha value is -7.13. The number of benzene rings is 6. The molecule has 1 aromatic heterocycles. The number of aromatic nitrogens is 3. The highest BCUT2D eigenvalue weighted by atomic mass is 35.5. The summed E-state index contributed by atoms with van der Waals surface area (Å²) in [6.45, 7) is -0.172. The van der Waals surface area contributed by atoms with Gasteiger partial charge < -0.3 is 26.2 Å². The summed E-state index contributed by atoms with van der Waals surface area (Å²) in [5, 5.41) is 43.2. The number of fused-ring (bicyclic) bond motifs is 2. The highest BCUT2D eigenvalue weighted by Gasteiger charge is 2.28. The number of rotatable bonds is 22. The molecule has 1 heterocycles. The van der Waals surface area contributed by atoms with Crippen LogP contribution in [0.2, 0.25) is 5.28 Å². The molecule has 33 nitrogen and oxygen atoms in total. The molecule has 0 aliphatic carbocycles. The molecule has 7 rings (SSSR count). The van der Waals surface area contributed by atoms with Crippen molar-refractivity contribution in [3.8, 4) is 11.5 Å². The number of phenols is 2. The van der Waals surface area contributed by atoms with Crippen molar-refractivity contribution < 1.29 is 101 Å². The summed E-state index contributed by atoms with van der Waals surface area (Å²) in [5.74, 6) is -6.36. The van der Waals surface area contributed by atoms with Gasteiger partial charge in [0.1, 0.15) is 37.5 Å². The normalized spacial score (nSPS) is 13.3. The maximum atomic E-state index is 12.8. The minimum Gasteiger partial charge on any atom is -0.505 e. The number of anilines is 5. The number of nitrogens with one attached hydrogen (secondary N) is 3. The predicted octanol–water partition coefficient (Wildman–Crippen LogP) is 5.96. The number of carbonyl (C=O) groups excluding carboxylic acids is 1. The number of hydrogen-bond acceptors (Lipinski definition) is 27. The molecule has 6 aromatic carbocycles. The first kappa shape index (κ1) is 62.5. The van der Waals surface area contributed by atoms with Crippen LogP contribution in [0, 0.1) is 0 Å². The topological polar surface area (TPSA) is 523 Å². The van der Waals surface area contributed by atoms with Crippen molar-refractivity contribution in [3.63, 3.8) is 0 Å². The molecule has 0 spiro atoms. The molecule has 0 aliphatic rings. The van der Waals surface area contributed by atoms with Gasteiger partial charge in [0.2, 0.25) is 32.9 Å². The number of halogens is 2. The molecule has 42 heteroatoms. The van der Waals surface area contributed by atoms with Crippen LogP contribution in [0.5, 0.6) is 11.5 Å². The zero-order valence-electron chi connectivity index (χ0n) is 39.8. The van der Waals surface area contributed by atoms with Gasteiger partial charge in [-0.25, -0.2) is 16.8 Å². The van der Waals surface area contributed by atoms with Crippen LogP contribution >= 0.6 is 23.2 Å². The van der Waals surface area contributed by atoms with Crippen LogP contribution in [-0.2, 0) is 84.9 Å². The third kappa shape index (κ3) is 15.5. The van der Waals surface area contributed by atoms with Crippen molar-refractivity contribution in [1.82, 2.24) is 15.0 Å². The lowest BCUT2D eigenvalue weighted by Gasteiger charge is -2.15. The fourth-order valence-corrected chi connectivity index (χ4v) is 12.1. The van der Waals surface area contributed by atoms with Crippen LogP contribution in [0.15, 0.2) is 130 Å². The van der Waals surface area contributed by atoms with Gasteiger partial charge in [-0.15, -0.1) is 26.9 Å². The standard InChI is InChI=1S/C40H32Cl2N10O23S7/c41-9-10-74-76(56)17-32(53)43-23-4-8-27(29(15-23)79(62,63)64)50-52-35-31(81(68,69)70)14-20-12-25(78(59,60)61)16-28(33(20)37(35)55)45-40-47-38(42)46-39(48-40)44-22-3-7-26-19(11-22)13-30(80(65,66)67)34(36(26)54)51-49-21-1-5-24(6-2-21)77(57,58)18-75-82(71,72)73/h1-8,11-16,54-55H,9-10,17-18H2,(H,43,53)(H,59,60,61)(H,62,63,64)(H,65,66,67)(H,68,69,70)(H,71,72,73)(H2,44,45,46,47,48). The second-order valence-electron chi connectivity index (χ2n) is 15.9. The number of aromatic hydroxyl groups is 2. The fraction of sp³-hybridized carbons (Fsp3) is 0.100. The third-order valence-electron chi connectivity index (χ3n) is 10.3. The second kappa shape index (κ2) is 24.0. The van der Waals surface area contributed by atoms with Gasteiger partial charge in [0.25, 0.3) is 40.5 Å². The minimum absolute atomic E-state index is 0.00444. The van der Waals surface area contributed by atoms with Crippen molar-refractivity contribution >= 4 is 174 Å². The Labute approximate surface area is 473 Å². The largest absolute Gasteiger partial charge is 0.505 e. The molecule has 7 aromatic rings. The van der Waals surface area contributed by atoms with E-state index in [4.69, 9.17) is 31.9 Å². The van der Waals surface area contributed by atoms with Crippen molar-refractivity contribution in [2.75, 3.05) is 40.1 Å². The lowest BCUT2D eigenvalue weighted by atomic mass is 10.1. The van der Waals surface area contributed by atoms with E-state index in [0.29, 0.717) is 24.3 Å². The molecule has 0 saturated heterocycles. The molecule has 0 aliphatic heterocycles. The Morgan fingerprint density at radius 1 is 0.610 bits per heavy atom. The van der Waals surface area contributed by atoms with Gasteiger partial charge in [-0.2, -0.15) is 62.2 Å². The molecule has 0 fully saturated rings. The van der Waals surface area contributed by atoms with Crippen LogP contribution < -0.4 is 16.0 Å². The summed E-state index contributed by atoms with van der Waals surface area (Å²) in [4.78, 5) is 19.6. The van der Waals surface area contributed by atoms with Gasteiger partial charge in [-0.3, -0.25) is 31.7 Å². The summed E-state index contributed by atoms with van der Waals surface area (Å²) in [6.07, 6.45) is 0. The van der Waals surface area contributed by atoms with E-state index in [2.05, 4.69) is 55.5 Å². The van der Waals surface area contributed by atoms with E-state index < -0.39 is 176 Å². The number of amides is 1. The Morgan fingerprint density at radius 2 is 1.20 bits per heavy atom. The zero-order valence-corrected chi connectivity index (χ0v) is 47.0. The zero-order chi connectivity index (χ0) is 60.5. The van der Waals surface area contributed by atoms with E-state index in [9.17, 15) is 87.9 Å². The smallest absolute Gasteiger partial charge is 0.398 e. The molecule has 0 saturated carbocycles. The number of phenolic OH excluding ortho intramolecular Hbond substituents is 2. The molecule has 436 valence electrons. The minimum atomic E-state index is -5.50. The Kier molecular flexibility index (Phi) is 18.3. The first-order valence-corrected chi connectivity index (χ1v) is 32.2. The molecular formula is C40H32Cl2N10O23S7. The van der Waals surface area contributed by atoms with Gasteiger partial charge in [0.15, 0.2) is 28.5 Å². The van der Waals surface area contributed by atoms with Crippen LogP contribution in [0.1, 0.15) is 0 Å². The summed E-state index contributed by atoms with van der Waals surface area (Å²) in [5.41, 5.74) is -3.79. The highest BCUT2D eigenvalue weighted by molar-refractivity contribution is 7.92. The van der Waals surface area contributed by atoms with Crippen LogP contribution in [0.3, 0.4) is 0 Å². The van der Waals surface area contributed by atoms with Gasteiger partial charge >= 0.3 is 10.4 Å². The van der Waals surface area contributed by atoms with Gasteiger partial charge in [-0.05, 0) is 107 Å². The monoisotopic (exact) mass is 1310 g/mol. The summed E-state index contributed by atoms with van der Waals surface area (Å²) in [7, 11) is -30.7. The maximum Gasteiger partial charge on any atom is 0.398 e. The number of hydrogen-bond donors (Lipinski definition) is 10. The van der Waals surface area contributed by atoms with Gasteiger partial charge in [0.05, 0.1) is 27.8 Å². The van der Waals surface area contributed by atoms with E-state index in [1.807, 2.05) is 0 Å². The molecule has 10 N–H and O–H groups in total. The quantitative estimate of drug-likeness (QED) is 0.0213. The summed E-state index contributed by atoms with van der Waals surface area (Å²) >= 11 is 9.54. The highest BCUT2D eigenvalue weighted by Crippen LogP contribution is 2.47. The average Bonchev–Trinajstić information content (AvgIpc) is 1.76. The van der Waals surface area contributed by atoms with E-state index in [1.165, 1.54) is 18.2 Å². The van der Waals surface area contributed by atoms with Crippen LogP contribution in [0.4, 0.5) is 51.7 Å². The Bertz CT molecular complexity index is 4580. The lowest BCUT2D eigenvalue weighted by molar-refractivity contribution is -0.113. The van der Waals surface area contributed by atoms with E-state index in [-0.39, 0.29) is 40.3 Å². The summed E-state index contributed by atoms with van der Waals surface area (Å²) < 4.78 is 217. The first-order chi connectivity index (χ1) is 38.0. The fourth-order valence-electron chi connectivity index (χ4n) is 6.91. The summed E-state index contributed by atoms with van der Waals surface area (Å²) in [6, 6.07) is 12.9. The Balaban J connectivity index is 1.23. The third-order valence-corrected chi connectivity index (χ3v) is 17.0. The predicted molar refractivity (Wildman–Crippen MR) is 286 cm³/mol. The number of sulfone groups is 1. The van der Waals surface area contributed by atoms with Gasteiger partial charge in [0, 0.05) is 28.0 Å². The molecule has 1 amide bonds. The number of carbonyl (C=O) groups is 1. The number of azo groups is 2. The van der Waals surface area contributed by atoms with Crippen molar-refractivity contribution in [2.24, 2.45) is 20.5 Å². The van der Waals surface area contributed by atoms with E-state index in [1.54, 1.807) is 0 Å². The first-order valence-electron chi connectivity index (χ1n) is 21.3. The van der Waals surface area contributed by atoms with Crippen molar-refractivity contribution in [1.29, 1.82) is 0 Å². The van der Waals surface area contributed by atoms with E-state index in [0.717, 1.165) is 42.5 Å². The van der Waals surface area contributed by atoms with Crippen LogP contribution in [0.25, 0.3) is 21.5 Å². The van der Waals surface area contributed by atoms with Crippen molar-refractivity contribution in [2.45, 2.75) is 24.5 Å². The second-order valence-corrected chi connectivity index (χ2v) is 26.4. The molecule has 1 unspecified atom stereocenters.